The molecule has 1 aliphatic carbocycles. The number of benzene rings is 1. The highest BCUT2D eigenvalue weighted by molar-refractivity contribution is 9.10. The number of aromatic nitrogens is 2. The molecule has 0 saturated heterocycles. The van der Waals surface area contributed by atoms with Gasteiger partial charge in [0.25, 0.3) is 0 Å². The second-order valence-corrected chi connectivity index (χ2v) is 7.76. The van der Waals surface area contributed by atoms with Crippen LogP contribution in [0.15, 0.2) is 22.7 Å². The normalized spacial score (nSPS) is 22.3. The molecule has 1 saturated carbocycles. The summed E-state index contributed by atoms with van der Waals surface area (Å²) in [5.74, 6) is 1.48. The minimum atomic E-state index is 0.415. The molecule has 0 bridgehead atoms. The quantitative estimate of drug-likeness (QED) is 0.634. The molecule has 1 aliphatic rings. The Morgan fingerprint density at radius 3 is 2.95 bits per heavy atom. The lowest BCUT2D eigenvalue weighted by Gasteiger charge is -2.36. The van der Waals surface area contributed by atoms with Crippen LogP contribution in [0.5, 0.6) is 0 Å². The Labute approximate surface area is 133 Å². The standard InChI is InChI=1S/C16H20BrClN2/c1-16(2)7-3-4-12(9-16)20-14-6-5-11(17)8-13(14)19-15(20)10-18/h5-6,8,12H,3-4,7,9-10H2,1-2H3. The summed E-state index contributed by atoms with van der Waals surface area (Å²) in [5.41, 5.74) is 2.67. The summed E-state index contributed by atoms with van der Waals surface area (Å²) in [4.78, 5) is 4.72. The van der Waals surface area contributed by atoms with Crippen molar-refractivity contribution in [3.63, 3.8) is 0 Å². The van der Waals surface area contributed by atoms with E-state index in [0.717, 1.165) is 15.8 Å². The molecule has 1 unspecified atom stereocenters. The Balaban J connectivity index is 2.09. The Morgan fingerprint density at radius 2 is 2.25 bits per heavy atom. The van der Waals surface area contributed by atoms with Crippen molar-refractivity contribution < 1.29 is 0 Å². The average Bonchev–Trinajstić information content (AvgIpc) is 2.74. The molecule has 0 amide bonds. The van der Waals surface area contributed by atoms with Crippen molar-refractivity contribution in [2.75, 3.05) is 0 Å². The fourth-order valence-corrected chi connectivity index (χ4v) is 4.04. The van der Waals surface area contributed by atoms with Crippen molar-refractivity contribution in [3.05, 3.63) is 28.5 Å². The lowest BCUT2D eigenvalue weighted by atomic mass is 9.75. The van der Waals surface area contributed by atoms with Gasteiger partial charge < -0.3 is 4.57 Å². The van der Waals surface area contributed by atoms with Gasteiger partial charge in [0.1, 0.15) is 5.82 Å². The number of rotatable bonds is 2. The second-order valence-electron chi connectivity index (χ2n) is 6.58. The number of hydrogen-bond acceptors (Lipinski definition) is 1. The van der Waals surface area contributed by atoms with Crippen LogP contribution in [-0.4, -0.2) is 9.55 Å². The maximum absolute atomic E-state index is 6.14. The van der Waals surface area contributed by atoms with E-state index in [0.29, 0.717) is 17.3 Å². The van der Waals surface area contributed by atoms with E-state index in [-0.39, 0.29) is 0 Å². The van der Waals surface area contributed by atoms with Gasteiger partial charge in [-0.1, -0.05) is 36.2 Å². The average molecular weight is 356 g/mol. The predicted octanol–water partition coefficient (Wildman–Crippen LogP) is 5.68. The topological polar surface area (TPSA) is 17.8 Å². The number of hydrogen-bond donors (Lipinski definition) is 0. The van der Waals surface area contributed by atoms with Crippen LogP contribution in [0, 0.1) is 5.41 Å². The number of imidazole rings is 1. The van der Waals surface area contributed by atoms with Crippen LogP contribution in [0.4, 0.5) is 0 Å². The highest BCUT2D eigenvalue weighted by atomic mass is 79.9. The van der Waals surface area contributed by atoms with Gasteiger partial charge in [0, 0.05) is 10.5 Å². The van der Waals surface area contributed by atoms with E-state index >= 15 is 0 Å². The van der Waals surface area contributed by atoms with Gasteiger partial charge in [-0.3, -0.25) is 0 Å². The molecule has 1 atom stereocenters. The highest BCUT2D eigenvalue weighted by Gasteiger charge is 2.30. The molecule has 4 heteroatoms. The van der Waals surface area contributed by atoms with Gasteiger partial charge in [0.15, 0.2) is 0 Å². The van der Waals surface area contributed by atoms with Gasteiger partial charge in [-0.2, -0.15) is 0 Å². The molecule has 0 radical (unpaired) electrons. The summed E-state index contributed by atoms with van der Waals surface area (Å²) in [6.45, 7) is 4.74. The van der Waals surface area contributed by atoms with Crippen molar-refractivity contribution >= 4 is 38.6 Å². The summed E-state index contributed by atoms with van der Waals surface area (Å²) in [6.07, 6.45) is 5.04. The van der Waals surface area contributed by atoms with E-state index in [4.69, 9.17) is 16.6 Å². The predicted molar refractivity (Wildman–Crippen MR) is 88.3 cm³/mol. The molecule has 0 spiro atoms. The van der Waals surface area contributed by atoms with E-state index in [1.54, 1.807) is 0 Å². The maximum Gasteiger partial charge on any atom is 0.125 e. The molecule has 0 N–H and O–H groups in total. The first-order valence-corrected chi connectivity index (χ1v) is 8.55. The third-order valence-corrected chi connectivity index (χ3v) is 5.12. The molecular weight excluding hydrogens is 336 g/mol. The monoisotopic (exact) mass is 354 g/mol. The highest BCUT2D eigenvalue weighted by Crippen LogP contribution is 2.42. The molecule has 1 fully saturated rings. The Morgan fingerprint density at radius 1 is 1.45 bits per heavy atom. The largest absolute Gasteiger partial charge is 0.324 e. The molecule has 20 heavy (non-hydrogen) atoms. The van der Waals surface area contributed by atoms with Crippen molar-refractivity contribution in [2.45, 2.75) is 51.5 Å². The fraction of sp³-hybridized carbons (Fsp3) is 0.562. The molecule has 0 aliphatic heterocycles. The molecule has 1 heterocycles. The van der Waals surface area contributed by atoms with Crippen LogP contribution in [0.25, 0.3) is 11.0 Å². The van der Waals surface area contributed by atoms with Gasteiger partial charge in [0.2, 0.25) is 0 Å². The number of fused-ring (bicyclic) bond motifs is 1. The van der Waals surface area contributed by atoms with Gasteiger partial charge in [0.05, 0.1) is 16.9 Å². The zero-order valence-electron chi connectivity index (χ0n) is 12.0. The summed E-state index contributed by atoms with van der Waals surface area (Å²) in [6, 6.07) is 6.85. The zero-order chi connectivity index (χ0) is 14.3. The van der Waals surface area contributed by atoms with Crippen LogP contribution in [0.3, 0.4) is 0 Å². The molecule has 3 rings (SSSR count). The van der Waals surface area contributed by atoms with E-state index in [9.17, 15) is 0 Å². The van der Waals surface area contributed by atoms with Crippen LogP contribution in [0.1, 0.15) is 51.4 Å². The maximum atomic E-state index is 6.14. The van der Waals surface area contributed by atoms with Gasteiger partial charge >= 0.3 is 0 Å². The van der Waals surface area contributed by atoms with Crippen LogP contribution in [0.2, 0.25) is 0 Å². The van der Waals surface area contributed by atoms with Crippen molar-refractivity contribution in [1.29, 1.82) is 0 Å². The molecule has 1 aromatic carbocycles. The van der Waals surface area contributed by atoms with E-state index in [2.05, 4.69) is 52.5 Å². The van der Waals surface area contributed by atoms with Crippen molar-refractivity contribution in [1.82, 2.24) is 9.55 Å². The summed E-state index contributed by atoms with van der Waals surface area (Å²) in [5, 5.41) is 0. The smallest absolute Gasteiger partial charge is 0.125 e. The summed E-state index contributed by atoms with van der Waals surface area (Å²) >= 11 is 9.66. The number of halogens is 2. The summed E-state index contributed by atoms with van der Waals surface area (Å²) in [7, 11) is 0. The minimum Gasteiger partial charge on any atom is -0.324 e. The van der Waals surface area contributed by atoms with Crippen molar-refractivity contribution in [2.24, 2.45) is 5.41 Å². The Kier molecular flexibility index (Phi) is 3.85. The fourth-order valence-electron chi connectivity index (χ4n) is 3.50. The first-order chi connectivity index (χ1) is 9.50. The van der Waals surface area contributed by atoms with E-state index < -0.39 is 0 Å². The van der Waals surface area contributed by atoms with E-state index in [1.807, 2.05) is 0 Å². The van der Waals surface area contributed by atoms with Crippen LogP contribution >= 0.6 is 27.5 Å². The Hall–Kier alpha value is -0.540. The van der Waals surface area contributed by atoms with Crippen LogP contribution in [-0.2, 0) is 5.88 Å². The zero-order valence-corrected chi connectivity index (χ0v) is 14.3. The lowest BCUT2D eigenvalue weighted by molar-refractivity contribution is 0.184. The third kappa shape index (κ3) is 2.62. The Bertz CT molecular complexity index is 633. The van der Waals surface area contributed by atoms with Gasteiger partial charge in [-0.05, 0) is 42.9 Å². The van der Waals surface area contributed by atoms with Gasteiger partial charge in [-0.15, -0.1) is 11.6 Å². The lowest BCUT2D eigenvalue weighted by Crippen LogP contribution is -2.25. The number of nitrogens with zero attached hydrogens (tertiary/aromatic N) is 2. The molecular formula is C16H20BrClN2. The molecule has 2 aromatic rings. The van der Waals surface area contributed by atoms with E-state index in [1.165, 1.54) is 31.2 Å². The van der Waals surface area contributed by atoms with Crippen LogP contribution < -0.4 is 0 Å². The number of alkyl halides is 1. The summed E-state index contributed by atoms with van der Waals surface area (Å²) < 4.78 is 3.45. The second kappa shape index (κ2) is 5.34. The molecule has 2 nitrogen and oxygen atoms in total. The first kappa shape index (κ1) is 14.4. The van der Waals surface area contributed by atoms with Crippen molar-refractivity contribution in [3.8, 4) is 0 Å². The molecule has 1 aromatic heterocycles. The first-order valence-electron chi connectivity index (χ1n) is 7.22. The SMILES string of the molecule is CC1(C)CCCC(n2c(CCl)nc3cc(Br)ccc32)C1. The third-order valence-electron chi connectivity index (χ3n) is 4.39. The van der Waals surface area contributed by atoms with Gasteiger partial charge in [-0.25, -0.2) is 4.98 Å². The molecule has 108 valence electrons. The minimum absolute atomic E-state index is 0.415.